The van der Waals surface area contributed by atoms with Gasteiger partial charge in [-0.3, -0.25) is 4.57 Å². The standard InChI is InChI=1S/C60H50N4/c1-6-22-55-45(7-2)41-63(57(51-28-16-10-17-29-51)43(4)46-24-12-8-13-25-46)59(61-55)53-39-37-49(38-40-53)48-35-33-47(34-36-48)44(5)64-58(52-30-18-11-19-31-52)56(50-26-14-9-15-27-50)62-60(64)54-32-21-20-23-42(54)3/h6-40H,2,5,41H2,1,3-4H3/b22-6-,57-43+. The number of hydrogen-bond acceptors (Lipinski definition) is 3. The van der Waals surface area contributed by atoms with Crippen molar-refractivity contribution >= 4 is 22.8 Å². The van der Waals surface area contributed by atoms with Crippen molar-refractivity contribution in [2.24, 2.45) is 4.99 Å². The lowest BCUT2D eigenvalue weighted by Crippen LogP contribution is -2.35. The molecule has 1 aliphatic rings. The van der Waals surface area contributed by atoms with E-state index < -0.39 is 0 Å². The summed E-state index contributed by atoms with van der Waals surface area (Å²) < 4.78 is 2.24. The van der Waals surface area contributed by atoms with Gasteiger partial charge in [0.15, 0.2) is 0 Å². The van der Waals surface area contributed by atoms with E-state index in [0.717, 1.165) is 101 Å². The number of aromatic nitrogens is 2. The smallest absolute Gasteiger partial charge is 0.146 e. The van der Waals surface area contributed by atoms with Crippen LogP contribution in [0.2, 0.25) is 0 Å². The van der Waals surface area contributed by atoms with Crippen molar-refractivity contribution in [2.45, 2.75) is 20.8 Å². The SMILES string of the molecule is C=CC1=C(/C=C\C)N=C(c2ccc(-c3ccc(C(=C)n4c(-c5ccccc5C)nc(-c5ccccc5)c4-c4ccccc4)cc3)cc2)N(/C(=C(\C)c2ccccc2)c2ccccc2)C1. The van der Waals surface area contributed by atoms with Gasteiger partial charge in [0.25, 0.3) is 0 Å². The normalized spacial score (nSPS) is 13.2. The Bertz CT molecular complexity index is 3080. The Morgan fingerprint density at radius 1 is 0.578 bits per heavy atom. The van der Waals surface area contributed by atoms with E-state index in [1.54, 1.807) is 0 Å². The maximum atomic E-state index is 5.40. The third-order valence-electron chi connectivity index (χ3n) is 11.9. The Kier molecular flexibility index (Phi) is 11.9. The fourth-order valence-corrected chi connectivity index (χ4v) is 8.59. The van der Waals surface area contributed by atoms with Gasteiger partial charge in [-0.25, -0.2) is 9.98 Å². The summed E-state index contributed by atoms with van der Waals surface area (Å²) in [6, 6.07) is 68.1. The second kappa shape index (κ2) is 18.5. The van der Waals surface area contributed by atoms with Crippen molar-refractivity contribution in [3.05, 3.63) is 265 Å². The molecule has 0 amide bonds. The van der Waals surface area contributed by atoms with Crippen molar-refractivity contribution in [3.63, 3.8) is 0 Å². The van der Waals surface area contributed by atoms with Gasteiger partial charge in [-0.1, -0.05) is 219 Å². The van der Waals surface area contributed by atoms with Crippen LogP contribution in [0, 0.1) is 6.92 Å². The fourth-order valence-electron chi connectivity index (χ4n) is 8.59. The van der Waals surface area contributed by atoms with Crippen molar-refractivity contribution in [3.8, 4) is 45.0 Å². The second-order valence-electron chi connectivity index (χ2n) is 16.0. The summed E-state index contributed by atoms with van der Waals surface area (Å²) >= 11 is 0. The highest BCUT2D eigenvalue weighted by Gasteiger charge is 2.28. The molecular formula is C60H50N4. The van der Waals surface area contributed by atoms with Gasteiger partial charge in [0.1, 0.15) is 11.7 Å². The maximum Gasteiger partial charge on any atom is 0.146 e. The summed E-state index contributed by atoms with van der Waals surface area (Å²) in [7, 11) is 0. The number of rotatable bonds is 12. The molecule has 9 rings (SSSR count). The van der Waals surface area contributed by atoms with E-state index >= 15 is 0 Å². The van der Waals surface area contributed by atoms with Gasteiger partial charge < -0.3 is 4.90 Å². The maximum absolute atomic E-state index is 5.40. The summed E-state index contributed by atoms with van der Waals surface area (Å²) in [4.78, 5) is 13.1. The molecule has 0 N–H and O–H groups in total. The van der Waals surface area contributed by atoms with Crippen LogP contribution in [-0.4, -0.2) is 26.8 Å². The number of amidine groups is 1. The largest absolute Gasteiger partial charge is 0.321 e. The van der Waals surface area contributed by atoms with Crippen LogP contribution in [-0.2, 0) is 0 Å². The number of hydrogen-bond donors (Lipinski definition) is 0. The molecule has 7 aromatic carbocycles. The minimum Gasteiger partial charge on any atom is -0.321 e. The Labute approximate surface area is 377 Å². The van der Waals surface area contributed by atoms with Gasteiger partial charge in [-0.05, 0) is 71.4 Å². The van der Waals surface area contributed by atoms with Crippen molar-refractivity contribution in [1.82, 2.24) is 14.5 Å². The quantitative estimate of drug-likeness (QED) is 0.115. The first kappa shape index (κ1) is 41.3. The summed E-state index contributed by atoms with van der Waals surface area (Å²) in [6.07, 6.45) is 6.06. The van der Waals surface area contributed by atoms with Crippen LogP contribution in [0.1, 0.15) is 41.7 Å². The van der Waals surface area contributed by atoms with Gasteiger partial charge in [0.2, 0.25) is 0 Å². The minimum atomic E-state index is 0.630. The Morgan fingerprint density at radius 2 is 1.11 bits per heavy atom. The number of benzene rings is 7. The van der Waals surface area contributed by atoms with Crippen molar-refractivity contribution in [1.29, 1.82) is 0 Å². The lowest BCUT2D eigenvalue weighted by molar-refractivity contribution is 0.623. The predicted octanol–water partition coefficient (Wildman–Crippen LogP) is 15.0. The number of allylic oxidation sites excluding steroid dienone is 3. The number of nitrogens with zero attached hydrogens (tertiary/aromatic N) is 4. The van der Waals surface area contributed by atoms with E-state index in [1.165, 1.54) is 5.57 Å². The molecule has 0 fully saturated rings. The second-order valence-corrected chi connectivity index (χ2v) is 16.0. The molecule has 310 valence electrons. The average molecular weight is 827 g/mol. The Hall–Kier alpha value is -8.08. The van der Waals surface area contributed by atoms with Gasteiger partial charge in [0, 0.05) is 28.0 Å². The molecule has 0 saturated heterocycles. The molecule has 1 aliphatic heterocycles. The highest BCUT2D eigenvalue weighted by atomic mass is 15.2. The van der Waals surface area contributed by atoms with Crippen molar-refractivity contribution < 1.29 is 0 Å². The third kappa shape index (κ3) is 8.17. The molecule has 0 saturated carbocycles. The van der Waals surface area contributed by atoms with Crippen molar-refractivity contribution in [2.75, 3.05) is 6.54 Å². The van der Waals surface area contributed by atoms with Gasteiger partial charge in [-0.15, -0.1) is 0 Å². The molecule has 0 aliphatic carbocycles. The molecule has 0 unspecified atom stereocenters. The number of aryl methyl sites for hydroxylation is 1. The van der Waals surface area contributed by atoms with E-state index in [0.29, 0.717) is 6.54 Å². The summed E-state index contributed by atoms with van der Waals surface area (Å²) in [5.41, 5.74) is 17.9. The topological polar surface area (TPSA) is 33.4 Å². The van der Waals surface area contributed by atoms with E-state index in [9.17, 15) is 0 Å². The van der Waals surface area contributed by atoms with Crippen LogP contribution < -0.4 is 0 Å². The molecule has 0 radical (unpaired) electrons. The van der Waals surface area contributed by atoms with E-state index in [1.807, 2.05) is 25.1 Å². The van der Waals surface area contributed by atoms with E-state index in [2.05, 4.69) is 224 Å². The van der Waals surface area contributed by atoms with E-state index in [-0.39, 0.29) is 0 Å². The van der Waals surface area contributed by atoms with Crippen LogP contribution in [0.4, 0.5) is 0 Å². The molecule has 8 aromatic rings. The third-order valence-corrected chi connectivity index (χ3v) is 11.9. The Balaban J connectivity index is 1.10. The van der Waals surface area contributed by atoms with Crippen LogP contribution in [0.3, 0.4) is 0 Å². The highest BCUT2D eigenvalue weighted by molar-refractivity contribution is 6.08. The first-order valence-electron chi connectivity index (χ1n) is 21.8. The molecular weight excluding hydrogens is 777 g/mol. The summed E-state index contributed by atoms with van der Waals surface area (Å²) in [5.74, 6) is 1.75. The molecule has 4 nitrogen and oxygen atoms in total. The van der Waals surface area contributed by atoms with Crippen LogP contribution in [0.15, 0.2) is 242 Å². The fraction of sp³-hybridized carbons (Fsp3) is 0.0667. The van der Waals surface area contributed by atoms with Crippen LogP contribution in [0.25, 0.3) is 62.0 Å². The minimum absolute atomic E-state index is 0.630. The number of imidazole rings is 1. The molecule has 0 atom stereocenters. The first-order chi connectivity index (χ1) is 31.4. The molecule has 2 heterocycles. The molecule has 4 heteroatoms. The zero-order valence-electron chi connectivity index (χ0n) is 36.6. The lowest BCUT2D eigenvalue weighted by Gasteiger charge is -2.34. The van der Waals surface area contributed by atoms with Gasteiger partial charge in [0.05, 0.1) is 29.3 Å². The molecule has 0 spiro atoms. The highest BCUT2D eigenvalue weighted by Crippen LogP contribution is 2.41. The Morgan fingerprint density at radius 3 is 1.70 bits per heavy atom. The van der Waals surface area contributed by atoms with Gasteiger partial charge in [-0.2, -0.15) is 0 Å². The summed E-state index contributed by atoms with van der Waals surface area (Å²) in [6.45, 7) is 16.0. The predicted molar refractivity (Wildman–Crippen MR) is 270 cm³/mol. The van der Waals surface area contributed by atoms with Gasteiger partial charge >= 0.3 is 0 Å². The molecule has 64 heavy (non-hydrogen) atoms. The molecule has 1 aromatic heterocycles. The monoisotopic (exact) mass is 826 g/mol. The van der Waals surface area contributed by atoms with E-state index in [4.69, 9.17) is 16.6 Å². The zero-order valence-corrected chi connectivity index (χ0v) is 36.6. The number of aliphatic imine (C=N–C) groups is 1. The first-order valence-corrected chi connectivity index (χ1v) is 21.8. The van der Waals surface area contributed by atoms with Crippen LogP contribution in [0.5, 0.6) is 0 Å². The summed E-state index contributed by atoms with van der Waals surface area (Å²) in [5, 5.41) is 0. The van der Waals surface area contributed by atoms with Crippen LogP contribution >= 0.6 is 0 Å². The lowest BCUT2D eigenvalue weighted by atomic mass is 9.96. The average Bonchev–Trinajstić information content (AvgIpc) is 3.76. The zero-order chi connectivity index (χ0) is 44.0. The molecule has 0 bridgehead atoms.